The van der Waals surface area contributed by atoms with Crippen molar-refractivity contribution in [2.75, 3.05) is 18.4 Å². The fourth-order valence-electron chi connectivity index (χ4n) is 4.04. The molecule has 0 radical (unpaired) electrons. The SMILES string of the molecule is CC(=O)CCC(=O)N1CCC(c2nc(C(=O)Nc3ccccc3-c3ccccc3)cs2)CC1. The maximum Gasteiger partial charge on any atom is 0.275 e. The minimum absolute atomic E-state index is 0.0400. The van der Waals surface area contributed by atoms with E-state index in [0.717, 1.165) is 34.7 Å². The van der Waals surface area contributed by atoms with Crippen molar-refractivity contribution in [3.63, 3.8) is 0 Å². The molecule has 4 rings (SSSR count). The van der Waals surface area contributed by atoms with Gasteiger partial charge in [-0.15, -0.1) is 11.3 Å². The highest BCUT2D eigenvalue weighted by Gasteiger charge is 2.26. The number of carbonyl (C=O) groups excluding carboxylic acids is 3. The van der Waals surface area contributed by atoms with E-state index < -0.39 is 0 Å². The number of likely N-dealkylation sites (tertiary alicyclic amines) is 1. The predicted octanol–water partition coefficient (Wildman–Crippen LogP) is 5.14. The smallest absolute Gasteiger partial charge is 0.275 e. The molecule has 0 bridgehead atoms. The van der Waals surface area contributed by atoms with Gasteiger partial charge in [0.2, 0.25) is 5.91 Å². The van der Waals surface area contributed by atoms with Gasteiger partial charge in [-0.3, -0.25) is 9.59 Å². The summed E-state index contributed by atoms with van der Waals surface area (Å²) in [5.74, 6) is 0.0981. The molecule has 1 aliphatic rings. The lowest BCUT2D eigenvalue weighted by Gasteiger charge is -2.31. The summed E-state index contributed by atoms with van der Waals surface area (Å²) in [6, 6.07) is 17.7. The van der Waals surface area contributed by atoms with Crippen LogP contribution in [0.15, 0.2) is 60.0 Å². The fourth-order valence-corrected chi connectivity index (χ4v) is 5.02. The van der Waals surface area contributed by atoms with Crippen LogP contribution in [-0.2, 0) is 9.59 Å². The summed E-state index contributed by atoms with van der Waals surface area (Å²) in [7, 11) is 0. The van der Waals surface area contributed by atoms with Gasteiger partial charge in [0.15, 0.2) is 0 Å². The molecule has 1 saturated heterocycles. The van der Waals surface area contributed by atoms with Crippen molar-refractivity contribution in [3.05, 3.63) is 70.7 Å². The number of thiazole rings is 1. The number of Topliss-reactive ketones (excluding diaryl/α,β-unsaturated/α-hetero) is 1. The average Bonchev–Trinajstić information content (AvgIpc) is 3.34. The summed E-state index contributed by atoms with van der Waals surface area (Å²) in [5, 5.41) is 5.75. The van der Waals surface area contributed by atoms with Gasteiger partial charge in [0.25, 0.3) is 5.91 Å². The molecule has 0 unspecified atom stereocenters. The van der Waals surface area contributed by atoms with Crippen LogP contribution in [0.4, 0.5) is 5.69 Å². The molecule has 0 saturated carbocycles. The minimum atomic E-state index is -0.224. The summed E-state index contributed by atoms with van der Waals surface area (Å²) in [5.41, 5.74) is 3.17. The van der Waals surface area contributed by atoms with E-state index >= 15 is 0 Å². The monoisotopic (exact) mass is 461 g/mol. The number of hydrogen-bond donors (Lipinski definition) is 1. The summed E-state index contributed by atoms with van der Waals surface area (Å²) in [6.45, 7) is 2.83. The van der Waals surface area contributed by atoms with Gasteiger partial charge >= 0.3 is 0 Å². The molecule has 2 aromatic carbocycles. The second kappa shape index (κ2) is 10.5. The van der Waals surface area contributed by atoms with Crippen LogP contribution in [0.25, 0.3) is 11.1 Å². The Bertz CT molecular complexity index is 1130. The molecule has 1 aromatic heterocycles. The highest BCUT2D eigenvalue weighted by atomic mass is 32.1. The number of hydrogen-bond acceptors (Lipinski definition) is 5. The number of ketones is 1. The van der Waals surface area contributed by atoms with Gasteiger partial charge in [-0.05, 0) is 31.4 Å². The van der Waals surface area contributed by atoms with E-state index in [9.17, 15) is 14.4 Å². The summed E-state index contributed by atoms with van der Waals surface area (Å²) >= 11 is 1.50. The molecular formula is C26H27N3O3S. The largest absolute Gasteiger partial charge is 0.343 e. The first-order valence-corrected chi connectivity index (χ1v) is 12.1. The van der Waals surface area contributed by atoms with Gasteiger partial charge in [-0.2, -0.15) is 0 Å². The third-order valence-electron chi connectivity index (χ3n) is 5.90. The van der Waals surface area contributed by atoms with Crippen molar-refractivity contribution >= 4 is 34.6 Å². The van der Waals surface area contributed by atoms with Gasteiger partial charge in [0.1, 0.15) is 11.5 Å². The molecule has 170 valence electrons. The number of para-hydroxylation sites is 1. The first kappa shape index (κ1) is 22.9. The van der Waals surface area contributed by atoms with E-state index in [4.69, 9.17) is 0 Å². The van der Waals surface area contributed by atoms with E-state index in [1.165, 1.54) is 18.3 Å². The number of amides is 2. The number of nitrogens with zero attached hydrogens (tertiary/aromatic N) is 2. The van der Waals surface area contributed by atoms with E-state index in [-0.39, 0.29) is 29.9 Å². The number of aromatic nitrogens is 1. The molecule has 6 nitrogen and oxygen atoms in total. The number of anilines is 1. The van der Waals surface area contributed by atoms with Crippen molar-refractivity contribution in [2.45, 2.75) is 38.5 Å². The van der Waals surface area contributed by atoms with E-state index in [1.807, 2.05) is 59.5 Å². The highest BCUT2D eigenvalue weighted by molar-refractivity contribution is 7.10. The second-order valence-corrected chi connectivity index (χ2v) is 9.18. The average molecular weight is 462 g/mol. The zero-order valence-electron chi connectivity index (χ0n) is 18.6. The Hall–Kier alpha value is -3.32. The Labute approximate surface area is 197 Å². The maximum atomic E-state index is 12.9. The lowest BCUT2D eigenvalue weighted by molar-refractivity contribution is -0.133. The Morgan fingerprint density at radius 3 is 2.42 bits per heavy atom. The van der Waals surface area contributed by atoms with Gasteiger partial charge in [-0.25, -0.2) is 4.98 Å². The van der Waals surface area contributed by atoms with E-state index in [2.05, 4.69) is 10.3 Å². The first-order valence-electron chi connectivity index (χ1n) is 11.2. The minimum Gasteiger partial charge on any atom is -0.343 e. The van der Waals surface area contributed by atoms with Crippen LogP contribution in [0.2, 0.25) is 0 Å². The molecule has 7 heteroatoms. The summed E-state index contributed by atoms with van der Waals surface area (Å²) in [6.07, 6.45) is 2.22. The lowest BCUT2D eigenvalue weighted by atomic mass is 9.97. The second-order valence-electron chi connectivity index (χ2n) is 8.29. The standard InChI is InChI=1S/C26H27N3O3S/c1-18(30)11-12-24(31)29-15-13-20(14-16-29)26-28-23(17-33-26)25(32)27-22-10-6-5-9-21(22)19-7-3-2-4-8-19/h2-10,17,20H,11-16H2,1H3,(H,27,32). The lowest BCUT2D eigenvalue weighted by Crippen LogP contribution is -2.38. The number of benzene rings is 2. The van der Waals surface area contributed by atoms with Crippen LogP contribution in [0, 0.1) is 0 Å². The molecule has 0 aliphatic carbocycles. The quantitative estimate of drug-likeness (QED) is 0.529. The zero-order valence-corrected chi connectivity index (χ0v) is 19.4. The predicted molar refractivity (Wildman–Crippen MR) is 130 cm³/mol. The summed E-state index contributed by atoms with van der Waals surface area (Å²) < 4.78 is 0. The number of rotatable bonds is 7. The first-order chi connectivity index (χ1) is 16.0. The molecule has 2 heterocycles. The topological polar surface area (TPSA) is 79.4 Å². The summed E-state index contributed by atoms with van der Waals surface area (Å²) in [4.78, 5) is 42.7. The zero-order chi connectivity index (χ0) is 23.2. The van der Waals surface area contributed by atoms with Crippen LogP contribution in [0.5, 0.6) is 0 Å². The molecule has 1 fully saturated rings. The van der Waals surface area contributed by atoms with Crippen LogP contribution in [-0.4, -0.2) is 40.6 Å². The molecule has 1 aliphatic heterocycles. The van der Waals surface area contributed by atoms with Gasteiger partial charge in [0, 0.05) is 48.5 Å². The van der Waals surface area contributed by atoms with Crippen molar-refractivity contribution in [3.8, 4) is 11.1 Å². The Morgan fingerprint density at radius 2 is 1.70 bits per heavy atom. The molecule has 33 heavy (non-hydrogen) atoms. The number of carbonyl (C=O) groups is 3. The van der Waals surface area contributed by atoms with Crippen molar-refractivity contribution in [2.24, 2.45) is 0 Å². The van der Waals surface area contributed by atoms with Crippen LogP contribution in [0.3, 0.4) is 0 Å². The number of piperidine rings is 1. The Kier molecular flexibility index (Phi) is 7.29. The molecule has 1 N–H and O–H groups in total. The van der Waals surface area contributed by atoms with Crippen molar-refractivity contribution < 1.29 is 14.4 Å². The third kappa shape index (κ3) is 5.73. The van der Waals surface area contributed by atoms with Crippen molar-refractivity contribution in [1.29, 1.82) is 0 Å². The van der Waals surface area contributed by atoms with Crippen molar-refractivity contribution in [1.82, 2.24) is 9.88 Å². The van der Waals surface area contributed by atoms with E-state index in [1.54, 1.807) is 5.38 Å². The molecule has 3 aromatic rings. The molecule has 2 amide bonds. The third-order valence-corrected chi connectivity index (χ3v) is 6.91. The molecule has 0 spiro atoms. The van der Waals surface area contributed by atoms with Gasteiger partial charge < -0.3 is 15.0 Å². The van der Waals surface area contributed by atoms with Crippen LogP contribution in [0.1, 0.15) is 54.0 Å². The maximum absolute atomic E-state index is 12.9. The van der Waals surface area contributed by atoms with Gasteiger partial charge in [0.05, 0.1) is 5.01 Å². The fraction of sp³-hybridized carbons (Fsp3) is 0.308. The highest BCUT2D eigenvalue weighted by Crippen LogP contribution is 2.32. The molecule has 0 atom stereocenters. The van der Waals surface area contributed by atoms with Crippen LogP contribution >= 0.6 is 11.3 Å². The molecular weight excluding hydrogens is 434 g/mol. The Morgan fingerprint density at radius 1 is 1.00 bits per heavy atom. The normalized spacial score (nSPS) is 14.2. The van der Waals surface area contributed by atoms with E-state index in [0.29, 0.717) is 25.2 Å². The Balaban J connectivity index is 1.37. The van der Waals surface area contributed by atoms with Gasteiger partial charge in [-0.1, -0.05) is 48.5 Å². The number of nitrogens with one attached hydrogen (secondary N) is 1. The van der Waals surface area contributed by atoms with Crippen LogP contribution < -0.4 is 5.32 Å².